The maximum absolute atomic E-state index is 13.4. The van der Waals surface area contributed by atoms with Crippen LogP contribution in [0.3, 0.4) is 0 Å². The molecule has 0 aliphatic heterocycles. The van der Waals surface area contributed by atoms with Gasteiger partial charge in [-0.3, -0.25) is 24.1 Å². The molecule has 0 aliphatic carbocycles. The molecule has 3 heterocycles. The van der Waals surface area contributed by atoms with Gasteiger partial charge in [0.2, 0.25) is 0 Å². The standard InChI is InChI=1S/C26H25N5O6/c1-3-5-7-14-30-22-19(25(33)29-13-8-6-12-21(29)27-22)16-20(26(34)37-4-2)23(30)28-24(32)17-10-9-11-18(15-17)31(35)36/h6,8-13,15-16H,3-5,7,14H2,1-2H3. The number of nitrogens with zero attached hydrogens (tertiary/aromatic N) is 5. The first kappa shape index (κ1) is 25.4. The van der Waals surface area contributed by atoms with E-state index in [0.29, 0.717) is 18.6 Å². The number of nitro groups is 1. The molecule has 1 amide bonds. The highest BCUT2D eigenvalue weighted by Gasteiger charge is 2.20. The summed E-state index contributed by atoms with van der Waals surface area (Å²) < 4.78 is 8.18. The number of esters is 1. The van der Waals surface area contributed by atoms with Crippen LogP contribution >= 0.6 is 0 Å². The van der Waals surface area contributed by atoms with Crippen LogP contribution in [0.2, 0.25) is 0 Å². The smallest absolute Gasteiger partial charge is 0.341 e. The van der Waals surface area contributed by atoms with Crippen molar-refractivity contribution >= 4 is 34.2 Å². The number of unbranched alkanes of at least 4 members (excludes halogenated alkanes) is 2. The number of aromatic nitrogens is 3. The quantitative estimate of drug-likeness (QED) is 0.118. The second-order valence-electron chi connectivity index (χ2n) is 8.27. The Balaban J connectivity index is 2.07. The third kappa shape index (κ3) is 5.15. The molecule has 11 nitrogen and oxygen atoms in total. The van der Waals surface area contributed by atoms with Crippen molar-refractivity contribution in [2.24, 2.45) is 4.99 Å². The molecule has 0 saturated heterocycles. The number of non-ortho nitro benzene ring substituents is 1. The van der Waals surface area contributed by atoms with E-state index < -0.39 is 16.8 Å². The summed E-state index contributed by atoms with van der Waals surface area (Å²) in [5, 5.41) is 11.4. The maximum atomic E-state index is 13.4. The Morgan fingerprint density at radius 3 is 2.65 bits per heavy atom. The molecular formula is C26H25N5O6. The van der Waals surface area contributed by atoms with Crippen molar-refractivity contribution in [3.63, 3.8) is 0 Å². The number of pyridine rings is 2. The number of aryl methyl sites for hydroxylation is 1. The SMILES string of the molecule is CCCCCn1c(=NC(=O)c2cccc([N+](=O)[O-])c2)c(C(=O)OCC)cc2c(=O)n3ccccc3nc21. The highest BCUT2D eigenvalue weighted by Crippen LogP contribution is 2.15. The molecule has 4 rings (SSSR count). The molecule has 0 spiro atoms. The third-order valence-corrected chi connectivity index (χ3v) is 5.78. The monoisotopic (exact) mass is 503 g/mol. The molecule has 3 aromatic heterocycles. The molecule has 0 atom stereocenters. The first-order valence-corrected chi connectivity index (χ1v) is 11.9. The van der Waals surface area contributed by atoms with Crippen LogP contribution < -0.4 is 11.0 Å². The fourth-order valence-corrected chi connectivity index (χ4v) is 4.00. The Morgan fingerprint density at radius 1 is 1.11 bits per heavy atom. The van der Waals surface area contributed by atoms with Crippen molar-refractivity contribution in [2.45, 2.75) is 39.7 Å². The van der Waals surface area contributed by atoms with Crippen LogP contribution in [0.15, 0.2) is 64.5 Å². The highest BCUT2D eigenvalue weighted by molar-refractivity contribution is 5.97. The van der Waals surface area contributed by atoms with E-state index in [1.165, 1.54) is 28.7 Å². The second-order valence-corrected chi connectivity index (χ2v) is 8.27. The molecule has 0 bridgehead atoms. The normalized spacial score (nSPS) is 11.7. The number of rotatable bonds is 8. The molecule has 1 aromatic carbocycles. The number of amides is 1. The van der Waals surface area contributed by atoms with Gasteiger partial charge in [-0.05, 0) is 37.6 Å². The lowest BCUT2D eigenvalue weighted by Gasteiger charge is -2.15. The number of carbonyl (C=O) groups is 2. The van der Waals surface area contributed by atoms with Gasteiger partial charge in [-0.2, -0.15) is 4.99 Å². The number of hydrogen-bond donors (Lipinski definition) is 0. The van der Waals surface area contributed by atoms with Crippen molar-refractivity contribution in [1.82, 2.24) is 14.0 Å². The molecule has 190 valence electrons. The van der Waals surface area contributed by atoms with Gasteiger partial charge in [-0.1, -0.05) is 31.9 Å². The number of nitro benzene ring substituents is 1. The minimum absolute atomic E-state index is 0.0178. The minimum atomic E-state index is -0.782. The van der Waals surface area contributed by atoms with E-state index >= 15 is 0 Å². The number of hydrogen-bond acceptors (Lipinski definition) is 7. The van der Waals surface area contributed by atoms with E-state index in [-0.39, 0.29) is 45.5 Å². The average molecular weight is 504 g/mol. The van der Waals surface area contributed by atoms with Gasteiger partial charge in [-0.15, -0.1) is 0 Å². The number of ether oxygens (including phenoxy) is 1. The van der Waals surface area contributed by atoms with Crippen LogP contribution in [-0.2, 0) is 11.3 Å². The van der Waals surface area contributed by atoms with E-state index in [1.807, 2.05) is 6.92 Å². The Morgan fingerprint density at radius 2 is 1.92 bits per heavy atom. The maximum Gasteiger partial charge on any atom is 0.341 e. The zero-order valence-corrected chi connectivity index (χ0v) is 20.4. The van der Waals surface area contributed by atoms with Crippen LogP contribution in [0.1, 0.15) is 53.8 Å². The largest absolute Gasteiger partial charge is 0.462 e. The summed E-state index contributed by atoms with van der Waals surface area (Å²) in [6.07, 6.45) is 4.02. The summed E-state index contributed by atoms with van der Waals surface area (Å²) in [6, 6.07) is 11.7. The van der Waals surface area contributed by atoms with Gasteiger partial charge in [-0.25, -0.2) is 9.78 Å². The van der Waals surface area contributed by atoms with Crippen LogP contribution in [0.25, 0.3) is 16.7 Å². The van der Waals surface area contributed by atoms with Crippen molar-refractivity contribution < 1.29 is 19.2 Å². The van der Waals surface area contributed by atoms with Crippen molar-refractivity contribution in [1.29, 1.82) is 0 Å². The topological polar surface area (TPSA) is 138 Å². The predicted octanol–water partition coefficient (Wildman–Crippen LogP) is 3.67. The molecular weight excluding hydrogens is 478 g/mol. The van der Waals surface area contributed by atoms with Crippen LogP contribution in [0, 0.1) is 10.1 Å². The molecule has 37 heavy (non-hydrogen) atoms. The van der Waals surface area contributed by atoms with E-state index in [2.05, 4.69) is 9.98 Å². The van der Waals surface area contributed by atoms with Gasteiger partial charge < -0.3 is 9.30 Å². The van der Waals surface area contributed by atoms with Crippen molar-refractivity contribution in [3.05, 3.63) is 91.8 Å². The molecule has 0 fully saturated rings. The lowest BCUT2D eigenvalue weighted by molar-refractivity contribution is -0.384. The van der Waals surface area contributed by atoms with Crippen LogP contribution in [0.5, 0.6) is 0 Å². The zero-order valence-electron chi connectivity index (χ0n) is 20.4. The molecule has 0 radical (unpaired) electrons. The van der Waals surface area contributed by atoms with Gasteiger partial charge in [0.15, 0.2) is 5.49 Å². The molecule has 0 N–H and O–H groups in total. The fourth-order valence-electron chi connectivity index (χ4n) is 4.00. The second kappa shape index (κ2) is 10.9. The van der Waals surface area contributed by atoms with Crippen LogP contribution in [0.4, 0.5) is 5.69 Å². The summed E-state index contributed by atoms with van der Waals surface area (Å²) in [5.41, 5.74) is -0.0926. The van der Waals surface area contributed by atoms with E-state index in [4.69, 9.17) is 4.74 Å². The van der Waals surface area contributed by atoms with Crippen molar-refractivity contribution in [2.75, 3.05) is 6.61 Å². The first-order chi connectivity index (χ1) is 17.8. The Kier molecular flexibility index (Phi) is 7.52. The minimum Gasteiger partial charge on any atom is -0.462 e. The van der Waals surface area contributed by atoms with Gasteiger partial charge >= 0.3 is 5.97 Å². The van der Waals surface area contributed by atoms with Gasteiger partial charge in [0.1, 0.15) is 16.9 Å². The third-order valence-electron chi connectivity index (χ3n) is 5.78. The van der Waals surface area contributed by atoms with Crippen molar-refractivity contribution in [3.8, 4) is 0 Å². The Labute approximate surface area is 210 Å². The number of fused-ring (bicyclic) bond motifs is 2. The van der Waals surface area contributed by atoms with Gasteiger partial charge in [0, 0.05) is 30.4 Å². The highest BCUT2D eigenvalue weighted by atomic mass is 16.6. The lowest BCUT2D eigenvalue weighted by Crippen LogP contribution is -2.33. The fraction of sp³-hybridized carbons (Fsp3) is 0.269. The first-order valence-electron chi connectivity index (χ1n) is 11.9. The van der Waals surface area contributed by atoms with Crippen LogP contribution in [-0.4, -0.2) is 37.4 Å². The summed E-state index contributed by atoms with van der Waals surface area (Å²) in [6.45, 7) is 4.07. The van der Waals surface area contributed by atoms with E-state index in [9.17, 15) is 24.5 Å². The van der Waals surface area contributed by atoms with Gasteiger partial charge in [0.25, 0.3) is 17.2 Å². The Bertz CT molecular complexity index is 1650. The summed E-state index contributed by atoms with van der Waals surface area (Å²) in [5.74, 6) is -1.54. The number of benzene rings is 1. The number of carbonyl (C=O) groups excluding carboxylic acids is 2. The molecule has 0 aliphatic rings. The van der Waals surface area contributed by atoms with E-state index in [0.717, 1.165) is 18.9 Å². The zero-order chi connectivity index (χ0) is 26.5. The molecule has 0 unspecified atom stereocenters. The Hall–Kier alpha value is -4.67. The van der Waals surface area contributed by atoms with E-state index in [1.54, 1.807) is 35.9 Å². The molecule has 11 heteroatoms. The predicted molar refractivity (Wildman–Crippen MR) is 135 cm³/mol. The summed E-state index contributed by atoms with van der Waals surface area (Å²) >= 11 is 0. The average Bonchev–Trinajstić information content (AvgIpc) is 2.90. The summed E-state index contributed by atoms with van der Waals surface area (Å²) in [4.78, 5) is 59.0. The summed E-state index contributed by atoms with van der Waals surface area (Å²) in [7, 11) is 0. The lowest BCUT2D eigenvalue weighted by atomic mass is 10.1. The molecule has 4 aromatic rings. The molecule has 0 saturated carbocycles. The van der Waals surface area contributed by atoms with Gasteiger partial charge in [0.05, 0.1) is 16.9 Å².